The molecule has 2 rings (SSSR count). The maximum Gasteiger partial charge on any atom is 0.307 e. The van der Waals surface area contributed by atoms with Gasteiger partial charge in [0.1, 0.15) is 0 Å². The van der Waals surface area contributed by atoms with Gasteiger partial charge < -0.3 is 9.67 Å². The average Bonchev–Trinajstić information content (AvgIpc) is 2.73. The zero-order chi connectivity index (χ0) is 13.8. The minimum absolute atomic E-state index is 0.0299. The number of carboxylic acid groups (broad SMARTS) is 1. The third-order valence-corrected chi connectivity index (χ3v) is 3.99. The lowest BCUT2D eigenvalue weighted by Crippen LogP contribution is -2.17. The zero-order valence-electron chi connectivity index (χ0n) is 10.6. The summed E-state index contributed by atoms with van der Waals surface area (Å²) in [5.74, 6) is -0.888. The monoisotopic (exact) mass is 277 g/mol. The molecule has 0 fully saturated rings. The molecule has 2 aromatic rings. The van der Waals surface area contributed by atoms with Gasteiger partial charge in [-0.2, -0.15) is 0 Å². The largest absolute Gasteiger partial charge is 0.481 e. The summed E-state index contributed by atoms with van der Waals surface area (Å²) in [5, 5.41) is 8.74. The van der Waals surface area contributed by atoms with E-state index in [9.17, 15) is 9.59 Å². The number of aromatic nitrogens is 1. The van der Waals surface area contributed by atoms with Crippen LogP contribution in [0, 0.1) is 0 Å². The van der Waals surface area contributed by atoms with E-state index < -0.39 is 5.97 Å². The van der Waals surface area contributed by atoms with Crippen molar-refractivity contribution in [1.82, 2.24) is 4.57 Å². The normalized spacial score (nSPS) is 10.6. The molecular formula is C14H15NO3S. The molecule has 1 aromatic carbocycles. The Morgan fingerprint density at radius 3 is 2.58 bits per heavy atom. The minimum Gasteiger partial charge on any atom is -0.481 e. The number of thiazole rings is 1. The third kappa shape index (κ3) is 2.93. The standard InChI is InChI=1S/C14H15NO3S/c1-2-11-13(10-6-4-3-5-7-10)19-14(18)15(11)9-8-12(16)17/h3-7H,2,8-9H2,1H3,(H,16,17). The molecule has 0 unspecified atom stereocenters. The Morgan fingerprint density at radius 1 is 1.32 bits per heavy atom. The van der Waals surface area contributed by atoms with Crippen LogP contribution in [0.5, 0.6) is 0 Å². The molecule has 1 heterocycles. The fourth-order valence-electron chi connectivity index (χ4n) is 2.03. The number of benzene rings is 1. The van der Waals surface area contributed by atoms with Crippen LogP contribution in [0.4, 0.5) is 0 Å². The SMILES string of the molecule is CCc1c(-c2ccccc2)sc(=O)n1CCC(=O)O. The van der Waals surface area contributed by atoms with Gasteiger partial charge in [0.15, 0.2) is 0 Å². The van der Waals surface area contributed by atoms with Gasteiger partial charge in [0.05, 0.1) is 11.3 Å². The van der Waals surface area contributed by atoms with E-state index >= 15 is 0 Å². The molecule has 4 nitrogen and oxygen atoms in total. The van der Waals surface area contributed by atoms with Gasteiger partial charge in [-0.05, 0) is 12.0 Å². The van der Waals surface area contributed by atoms with E-state index in [0.717, 1.165) is 16.1 Å². The number of nitrogens with zero attached hydrogens (tertiary/aromatic N) is 1. The fraction of sp³-hybridized carbons (Fsp3) is 0.286. The summed E-state index contributed by atoms with van der Waals surface area (Å²) in [5.41, 5.74) is 1.93. The van der Waals surface area contributed by atoms with E-state index in [-0.39, 0.29) is 17.8 Å². The van der Waals surface area contributed by atoms with Gasteiger partial charge in [-0.25, -0.2) is 0 Å². The molecule has 1 N–H and O–H groups in total. The van der Waals surface area contributed by atoms with Crippen LogP contribution in [0.2, 0.25) is 0 Å². The predicted molar refractivity (Wildman–Crippen MR) is 75.6 cm³/mol. The van der Waals surface area contributed by atoms with Crippen LogP contribution in [0.25, 0.3) is 10.4 Å². The van der Waals surface area contributed by atoms with Crippen LogP contribution in [0.1, 0.15) is 19.0 Å². The summed E-state index contributed by atoms with van der Waals surface area (Å²) in [6.07, 6.45) is 0.681. The second-order valence-corrected chi connectivity index (χ2v) is 5.12. The highest BCUT2D eigenvalue weighted by Gasteiger charge is 2.15. The van der Waals surface area contributed by atoms with Crippen molar-refractivity contribution in [3.63, 3.8) is 0 Å². The molecule has 0 atom stereocenters. The first-order chi connectivity index (χ1) is 9.13. The van der Waals surface area contributed by atoms with Crippen molar-refractivity contribution >= 4 is 17.3 Å². The van der Waals surface area contributed by atoms with E-state index in [1.165, 1.54) is 11.3 Å². The van der Waals surface area contributed by atoms with E-state index in [0.29, 0.717) is 6.42 Å². The van der Waals surface area contributed by atoms with E-state index in [2.05, 4.69) is 0 Å². The summed E-state index contributed by atoms with van der Waals surface area (Å²) in [6.45, 7) is 2.21. The van der Waals surface area contributed by atoms with Gasteiger partial charge in [0.2, 0.25) is 0 Å². The van der Waals surface area contributed by atoms with Crippen LogP contribution in [0.15, 0.2) is 35.1 Å². The van der Waals surface area contributed by atoms with E-state index in [4.69, 9.17) is 5.11 Å². The molecule has 1 aromatic heterocycles. The molecule has 0 aliphatic rings. The molecule has 0 saturated carbocycles. The van der Waals surface area contributed by atoms with Gasteiger partial charge in [0, 0.05) is 12.2 Å². The number of hydrogen-bond donors (Lipinski definition) is 1. The molecule has 19 heavy (non-hydrogen) atoms. The van der Waals surface area contributed by atoms with Crippen molar-refractivity contribution in [2.24, 2.45) is 0 Å². The first-order valence-corrected chi connectivity index (χ1v) is 6.94. The summed E-state index contributed by atoms with van der Waals surface area (Å²) >= 11 is 1.18. The number of rotatable bonds is 5. The summed E-state index contributed by atoms with van der Waals surface area (Å²) < 4.78 is 1.58. The van der Waals surface area contributed by atoms with Crippen molar-refractivity contribution in [3.8, 4) is 10.4 Å². The predicted octanol–water partition coefficient (Wildman–Crippen LogP) is 2.61. The highest BCUT2D eigenvalue weighted by molar-refractivity contribution is 7.13. The Balaban J connectivity index is 2.44. The van der Waals surface area contributed by atoms with Crippen molar-refractivity contribution < 1.29 is 9.90 Å². The van der Waals surface area contributed by atoms with Crippen LogP contribution < -0.4 is 4.87 Å². The molecule has 0 spiro atoms. The maximum absolute atomic E-state index is 12.0. The molecule has 0 aliphatic carbocycles. The van der Waals surface area contributed by atoms with Crippen molar-refractivity contribution in [1.29, 1.82) is 0 Å². The topological polar surface area (TPSA) is 59.3 Å². The molecule has 5 heteroatoms. The van der Waals surface area contributed by atoms with Gasteiger partial charge in [-0.15, -0.1) is 0 Å². The van der Waals surface area contributed by atoms with Crippen LogP contribution in [-0.2, 0) is 17.8 Å². The van der Waals surface area contributed by atoms with Gasteiger partial charge in [-0.1, -0.05) is 48.6 Å². The Bertz CT molecular complexity index is 628. The van der Waals surface area contributed by atoms with Crippen molar-refractivity contribution in [3.05, 3.63) is 45.7 Å². The molecule has 0 aliphatic heterocycles. The molecule has 0 amide bonds. The third-order valence-electron chi connectivity index (χ3n) is 2.92. The summed E-state index contributed by atoms with van der Waals surface area (Å²) in [4.78, 5) is 23.5. The maximum atomic E-state index is 12.0. The number of aliphatic carboxylic acids is 1. The average molecular weight is 277 g/mol. The van der Waals surface area contributed by atoms with E-state index in [1.54, 1.807) is 4.57 Å². The smallest absolute Gasteiger partial charge is 0.307 e. The first-order valence-electron chi connectivity index (χ1n) is 6.13. The Labute approximate surface area is 115 Å². The summed E-state index contributed by atoms with van der Waals surface area (Å²) in [6, 6.07) is 9.72. The number of hydrogen-bond acceptors (Lipinski definition) is 3. The molecular weight excluding hydrogens is 262 g/mol. The second-order valence-electron chi connectivity index (χ2n) is 4.16. The van der Waals surface area contributed by atoms with Gasteiger partial charge in [-0.3, -0.25) is 9.59 Å². The van der Waals surface area contributed by atoms with Crippen molar-refractivity contribution in [2.75, 3.05) is 0 Å². The molecule has 100 valence electrons. The number of carboxylic acids is 1. The summed E-state index contributed by atoms with van der Waals surface area (Å²) in [7, 11) is 0. The van der Waals surface area contributed by atoms with Gasteiger partial charge >= 0.3 is 10.8 Å². The first kappa shape index (κ1) is 13.5. The molecule has 0 saturated heterocycles. The zero-order valence-corrected chi connectivity index (χ0v) is 11.4. The Kier molecular flexibility index (Phi) is 4.16. The lowest BCUT2D eigenvalue weighted by molar-refractivity contribution is -0.137. The van der Waals surface area contributed by atoms with Crippen LogP contribution in [-0.4, -0.2) is 15.6 Å². The fourth-order valence-corrected chi connectivity index (χ4v) is 3.15. The molecule has 0 bridgehead atoms. The van der Waals surface area contributed by atoms with Gasteiger partial charge in [0.25, 0.3) is 0 Å². The Morgan fingerprint density at radius 2 is 2.00 bits per heavy atom. The highest BCUT2D eigenvalue weighted by Crippen LogP contribution is 2.27. The quantitative estimate of drug-likeness (QED) is 0.914. The van der Waals surface area contributed by atoms with Crippen LogP contribution >= 0.6 is 11.3 Å². The lowest BCUT2D eigenvalue weighted by Gasteiger charge is -2.06. The lowest BCUT2D eigenvalue weighted by atomic mass is 10.1. The highest BCUT2D eigenvalue weighted by atomic mass is 32.1. The van der Waals surface area contributed by atoms with Crippen LogP contribution in [0.3, 0.4) is 0 Å². The van der Waals surface area contributed by atoms with Crippen molar-refractivity contribution in [2.45, 2.75) is 26.3 Å². The molecule has 0 radical (unpaired) electrons. The Hall–Kier alpha value is -1.88. The second kappa shape index (κ2) is 5.84. The van der Waals surface area contributed by atoms with E-state index in [1.807, 2.05) is 37.3 Å². The minimum atomic E-state index is -0.888. The number of carbonyl (C=O) groups is 1.